The van der Waals surface area contributed by atoms with Gasteiger partial charge < -0.3 is 0 Å². The molecule has 10 heteroatoms. The first-order valence-electron chi connectivity index (χ1n) is 4.75. The van der Waals surface area contributed by atoms with Gasteiger partial charge in [-0.1, -0.05) is 11.6 Å². The van der Waals surface area contributed by atoms with E-state index in [-0.39, 0.29) is 5.65 Å². The fourth-order valence-electron chi connectivity index (χ4n) is 1.41. The molecule has 19 heavy (non-hydrogen) atoms. The lowest BCUT2D eigenvalue weighted by Crippen LogP contribution is -2.12. The Morgan fingerprint density at radius 2 is 1.74 bits per heavy atom. The molecular weight excluding hydrogens is 300 g/mol. The highest BCUT2D eigenvalue weighted by molar-refractivity contribution is 6.29. The second kappa shape index (κ2) is 4.26. The number of pyridine rings is 1. The van der Waals surface area contributed by atoms with Gasteiger partial charge in [0.25, 0.3) is 0 Å². The summed E-state index contributed by atoms with van der Waals surface area (Å²) in [5.74, 6) is -0.645. The number of aromatic nitrogens is 3. The first-order chi connectivity index (χ1) is 8.56. The summed E-state index contributed by atoms with van der Waals surface area (Å²) in [7, 11) is 0. The second-order valence-electron chi connectivity index (χ2n) is 3.65. The zero-order valence-corrected chi connectivity index (χ0v) is 9.61. The van der Waals surface area contributed by atoms with Crippen molar-refractivity contribution >= 4 is 17.2 Å². The van der Waals surface area contributed by atoms with Crippen LogP contribution < -0.4 is 0 Å². The summed E-state index contributed by atoms with van der Waals surface area (Å²) in [6.07, 6.45) is -10.7. The normalized spacial score (nSPS) is 13.2. The molecule has 3 nitrogen and oxygen atoms in total. The SMILES string of the molecule is FC(F)(F)Cc1nc2cc(C(F)(F)F)cc(Cl)n2n1. The van der Waals surface area contributed by atoms with E-state index in [4.69, 9.17) is 11.6 Å². The second-order valence-corrected chi connectivity index (χ2v) is 4.04. The molecule has 2 rings (SSSR count). The largest absolute Gasteiger partial charge is 0.416 e. The number of hydrogen-bond acceptors (Lipinski definition) is 2. The van der Waals surface area contributed by atoms with E-state index in [0.717, 1.165) is 4.52 Å². The number of fused-ring (bicyclic) bond motifs is 1. The molecule has 0 atom stereocenters. The van der Waals surface area contributed by atoms with Crippen molar-refractivity contribution in [3.63, 3.8) is 0 Å². The first kappa shape index (κ1) is 13.9. The van der Waals surface area contributed by atoms with Gasteiger partial charge in [0, 0.05) is 0 Å². The molecule has 104 valence electrons. The molecule has 0 N–H and O–H groups in total. The monoisotopic (exact) mass is 303 g/mol. The molecule has 0 aliphatic rings. The predicted octanol–water partition coefficient (Wildman–Crippen LogP) is 3.51. The highest BCUT2D eigenvalue weighted by atomic mass is 35.5. The highest BCUT2D eigenvalue weighted by Crippen LogP contribution is 2.32. The Bertz CT molecular complexity index is 615. The average Bonchev–Trinajstić information content (AvgIpc) is 2.56. The molecule has 2 heterocycles. The fourth-order valence-corrected chi connectivity index (χ4v) is 1.65. The quantitative estimate of drug-likeness (QED) is 0.596. The molecular formula is C9H4ClF6N3. The molecule has 0 fully saturated rings. The van der Waals surface area contributed by atoms with Crippen LogP contribution in [0, 0.1) is 0 Å². The van der Waals surface area contributed by atoms with Crippen LogP contribution in [-0.2, 0) is 12.6 Å². The van der Waals surface area contributed by atoms with Gasteiger partial charge >= 0.3 is 12.4 Å². The van der Waals surface area contributed by atoms with Crippen molar-refractivity contribution in [2.24, 2.45) is 0 Å². The molecule has 2 aromatic heterocycles. The van der Waals surface area contributed by atoms with Crippen LogP contribution in [-0.4, -0.2) is 20.8 Å². The van der Waals surface area contributed by atoms with E-state index < -0.39 is 35.3 Å². The van der Waals surface area contributed by atoms with E-state index in [1.807, 2.05) is 0 Å². The lowest BCUT2D eigenvalue weighted by atomic mass is 10.2. The maximum Gasteiger partial charge on any atom is 0.416 e. The predicted molar refractivity (Wildman–Crippen MR) is 52.8 cm³/mol. The number of alkyl halides is 6. The van der Waals surface area contributed by atoms with Crippen molar-refractivity contribution < 1.29 is 26.3 Å². The summed E-state index contributed by atoms with van der Waals surface area (Å²) in [5, 5.41) is 2.94. The van der Waals surface area contributed by atoms with Crippen LogP contribution in [0.15, 0.2) is 12.1 Å². The first-order valence-corrected chi connectivity index (χ1v) is 5.13. The van der Waals surface area contributed by atoms with Gasteiger partial charge in [0.05, 0.1) is 5.56 Å². The van der Waals surface area contributed by atoms with E-state index in [1.165, 1.54) is 0 Å². The lowest BCUT2D eigenvalue weighted by Gasteiger charge is -2.06. The van der Waals surface area contributed by atoms with Crippen molar-refractivity contribution in [3.05, 3.63) is 28.7 Å². The summed E-state index contributed by atoms with van der Waals surface area (Å²) in [5.41, 5.74) is -1.49. The smallest absolute Gasteiger partial charge is 0.211 e. The van der Waals surface area contributed by atoms with E-state index >= 15 is 0 Å². The van der Waals surface area contributed by atoms with Crippen LogP contribution in [0.3, 0.4) is 0 Å². The lowest BCUT2D eigenvalue weighted by molar-refractivity contribution is -0.137. The molecule has 0 aliphatic carbocycles. The minimum Gasteiger partial charge on any atom is -0.211 e. The van der Waals surface area contributed by atoms with Crippen LogP contribution in [0.1, 0.15) is 11.4 Å². The fraction of sp³-hybridized carbons (Fsp3) is 0.333. The summed E-state index contributed by atoms with van der Waals surface area (Å²) < 4.78 is 74.6. The molecule has 0 saturated carbocycles. The van der Waals surface area contributed by atoms with Gasteiger partial charge in [0.15, 0.2) is 11.5 Å². The van der Waals surface area contributed by atoms with Gasteiger partial charge in [-0.2, -0.15) is 26.3 Å². The zero-order valence-electron chi connectivity index (χ0n) is 8.85. The van der Waals surface area contributed by atoms with E-state index in [9.17, 15) is 26.3 Å². The van der Waals surface area contributed by atoms with Crippen LogP contribution in [0.25, 0.3) is 5.65 Å². The Labute approximate surface area is 106 Å². The van der Waals surface area contributed by atoms with Gasteiger partial charge in [-0.25, -0.2) is 9.50 Å². The maximum absolute atomic E-state index is 12.5. The Hall–Kier alpha value is -1.51. The Balaban J connectivity index is 2.51. The summed E-state index contributed by atoms with van der Waals surface area (Å²) >= 11 is 5.53. The van der Waals surface area contributed by atoms with Crippen LogP contribution in [0.2, 0.25) is 5.15 Å². The van der Waals surface area contributed by atoms with E-state index in [0.29, 0.717) is 12.1 Å². The van der Waals surface area contributed by atoms with Gasteiger partial charge in [0.2, 0.25) is 0 Å². The maximum atomic E-state index is 12.5. The average molecular weight is 304 g/mol. The van der Waals surface area contributed by atoms with Crippen molar-refractivity contribution in [1.29, 1.82) is 0 Å². The number of nitrogens with zero attached hydrogens (tertiary/aromatic N) is 3. The number of halogens is 7. The van der Waals surface area contributed by atoms with E-state index in [2.05, 4.69) is 10.1 Å². The number of hydrogen-bond donors (Lipinski definition) is 0. The van der Waals surface area contributed by atoms with Crippen LogP contribution in [0.5, 0.6) is 0 Å². The van der Waals surface area contributed by atoms with Crippen molar-refractivity contribution in [2.45, 2.75) is 18.8 Å². The topological polar surface area (TPSA) is 30.2 Å². The van der Waals surface area contributed by atoms with Crippen molar-refractivity contribution in [2.75, 3.05) is 0 Å². The standard InChI is InChI=1S/C9H4ClF6N3/c10-5-1-4(9(14,15)16)2-7-17-6(18-19(5)7)3-8(11,12)13/h1-2H,3H2. The molecule has 0 amide bonds. The molecule has 0 unspecified atom stereocenters. The zero-order chi connectivity index (χ0) is 14.4. The third-order valence-corrected chi connectivity index (χ3v) is 2.39. The van der Waals surface area contributed by atoms with Crippen molar-refractivity contribution in [1.82, 2.24) is 14.6 Å². The summed E-state index contributed by atoms with van der Waals surface area (Å²) in [6, 6.07) is 1.15. The minimum atomic E-state index is -4.67. The Kier molecular flexibility index (Phi) is 3.12. The Morgan fingerprint density at radius 1 is 1.11 bits per heavy atom. The third-order valence-electron chi connectivity index (χ3n) is 2.12. The van der Waals surface area contributed by atoms with Gasteiger partial charge in [-0.15, -0.1) is 5.10 Å². The van der Waals surface area contributed by atoms with Crippen LogP contribution >= 0.6 is 11.6 Å². The van der Waals surface area contributed by atoms with Gasteiger partial charge in [-0.05, 0) is 12.1 Å². The Morgan fingerprint density at radius 3 is 2.26 bits per heavy atom. The summed E-state index contributed by atoms with van der Waals surface area (Å²) in [6.45, 7) is 0. The molecule has 0 aliphatic heterocycles. The van der Waals surface area contributed by atoms with Gasteiger partial charge in [-0.3, -0.25) is 0 Å². The third kappa shape index (κ3) is 3.09. The molecule has 0 radical (unpaired) electrons. The molecule has 0 spiro atoms. The number of rotatable bonds is 1. The molecule has 0 aromatic carbocycles. The van der Waals surface area contributed by atoms with E-state index in [1.54, 1.807) is 0 Å². The highest BCUT2D eigenvalue weighted by Gasteiger charge is 2.33. The molecule has 2 aromatic rings. The summed E-state index contributed by atoms with van der Waals surface area (Å²) in [4.78, 5) is 3.38. The van der Waals surface area contributed by atoms with Gasteiger partial charge in [0.1, 0.15) is 11.6 Å². The van der Waals surface area contributed by atoms with Crippen LogP contribution in [0.4, 0.5) is 26.3 Å². The minimum absolute atomic E-state index is 0.390. The molecule has 0 bridgehead atoms. The molecule has 0 saturated heterocycles. The van der Waals surface area contributed by atoms with Crippen molar-refractivity contribution in [3.8, 4) is 0 Å².